The Morgan fingerprint density at radius 1 is 1.67 bits per heavy atom. The van der Waals surface area contributed by atoms with Crippen LogP contribution in [0.25, 0.3) is 0 Å². The molecule has 1 aliphatic heterocycles. The molecule has 2 heteroatoms. The summed E-state index contributed by atoms with van der Waals surface area (Å²) in [5.74, 6) is 0.920. The number of aliphatic imine (C=N–C) groups is 2. The fraction of sp³-hybridized carbons (Fsp3) is 0.429. The Hall–Kier alpha value is -0.920. The van der Waals surface area contributed by atoms with E-state index in [1.165, 1.54) is 0 Å². The highest BCUT2D eigenvalue weighted by Crippen LogP contribution is 1.94. The van der Waals surface area contributed by atoms with Crippen molar-refractivity contribution < 1.29 is 0 Å². The summed E-state index contributed by atoms with van der Waals surface area (Å²) in [6.45, 7) is 2.05. The molecule has 1 rings (SSSR count). The van der Waals surface area contributed by atoms with Crippen LogP contribution in [-0.4, -0.2) is 12.1 Å². The first-order valence-electron chi connectivity index (χ1n) is 3.17. The molecule has 0 saturated heterocycles. The second-order valence-corrected chi connectivity index (χ2v) is 1.83. The Morgan fingerprint density at radius 3 is 3.33 bits per heavy atom. The maximum Gasteiger partial charge on any atom is 0.127 e. The van der Waals surface area contributed by atoms with E-state index in [9.17, 15) is 0 Å². The first-order valence-corrected chi connectivity index (χ1v) is 3.17. The lowest BCUT2D eigenvalue weighted by Gasteiger charge is -1.87. The van der Waals surface area contributed by atoms with Gasteiger partial charge in [-0.05, 0) is 0 Å². The SMILES string of the molecule is CCC1=NC=CCC=N1. The molecule has 0 unspecified atom stereocenters. The van der Waals surface area contributed by atoms with E-state index in [0.717, 1.165) is 18.7 Å². The Balaban J connectivity index is 2.67. The molecule has 0 saturated carbocycles. The molecule has 0 amide bonds. The van der Waals surface area contributed by atoms with Crippen LogP contribution in [0.1, 0.15) is 19.8 Å². The van der Waals surface area contributed by atoms with E-state index in [1.54, 1.807) is 0 Å². The second-order valence-electron chi connectivity index (χ2n) is 1.83. The average molecular weight is 122 g/mol. The van der Waals surface area contributed by atoms with Crippen LogP contribution in [-0.2, 0) is 0 Å². The molecule has 0 atom stereocenters. The number of allylic oxidation sites excluding steroid dienone is 1. The third-order valence-electron chi connectivity index (χ3n) is 1.13. The summed E-state index contributed by atoms with van der Waals surface area (Å²) >= 11 is 0. The second kappa shape index (κ2) is 3.17. The molecule has 9 heavy (non-hydrogen) atoms. The summed E-state index contributed by atoms with van der Waals surface area (Å²) in [6, 6.07) is 0. The van der Waals surface area contributed by atoms with Crippen LogP contribution in [0.5, 0.6) is 0 Å². The first-order chi connectivity index (χ1) is 4.43. The van der Waals surface area contributed by atoms with Gasteiger partial charge in [-0.3, -0.25) is 0 Å². The van der Waals surface area contributed by atoms with Gasteiger partial charge in [-0.25, -0.2) is 9.98 Å². The van der Waals surface area contributed by atoms with Crippen LogP contribution in [0.2, 0.25) is 0 Å². The van der Waals surface area contributed by atoms with Gasteiger partial charge in [-0.2, -0.15) is 0 Å². The molecule has 0 fully saturated rings. The van der Waals surface area contributed by atoms with Crippen molar-refractivity contribution in [1.82, 2.24) is 0 Å². The van der Waals surface area contributed by atoms with Crippen molar-refractivity contribution in [2.45, 2.75) is 19.8 Å². The van der Waals surface area contributed by atoms with Crippen LogP contribution in [0.15, 0.2) is 22.3 Å². The van der Waals surface area contributed by atoms with Gasteiger partial charge in [0.25, 0.3) is 0 Å². The summed E-state index contributed by atoms with van der Waals surface area (Å²) in [5.41, 5.74) is 0. The van der Waals surface area contributed by atoms with E-state index in [1.807, 2.05) is 18.5 Å². The summed E-state index contributed by atoms with van der Waals surface area (Å²) in [5, 5.41) is 0. The van der Waals surface area contributed by atoms with E-state index >= 15 is 0 Å². The molecule has 0 bridgehead atoms. The van der Waals surface area contributed by atoms with E-state index in [2.05, 4.69) is 16.9 Å². The van der Waals surface area contributed by atoms with E-state index in [-0.39, 0.29) is 0 Å². The fourth-order valence-electron chi connectivity index (χ4n) is 0.634. The minimum Gasteiger partial charge on any atom is -0.245 e. The molecule has 0 aromatic heterocycles. The standard InChI is InChI=1S/C7H10N2/c1-2-7-8-5-3-4-6-9-7/h3,5-6H,2,4H2,1H3. The minimum absolute atomic E-state index is 0.910. The predicted molar refractivity (Wildman–Crippen MR) is 40.0 cm³/mol. The van der Waals surface area contributed by atoms with Crippen molar-refractivity contribution in [2.24, 2.45) is 9.98 Å². The zero-order valence-electron chi connectivity index (χ0n) is 5.54. The zero-order chi connectivity index (χ0) is 6.53. The highest BCUT2D eigenvalue weighted by atomic mass is 14.9. The summed E-state index contributed by atoms with van der Waals surface area (Å²) < 4.78 is 0. The highest BCUT2D eigenvalue weighted by molar-refractivity contribution is 5.90. The maximum atomic E-state index is 4.10. The molecule has 1 aliphatic rings. The molecule has 0 N–H and O–H groups in total. The summed E-state index contributed by atoms with van der Waals surface area (Å²) in [7, 11) is 0. The third kappa shape index (κ3) is 1.80. The van der Waals surface area contributed by atoms with Crippen molar-refractivity contribution >= 4 is 12.1 Å². The van der Waals surface area contributed by atoms with Gasteiger partial charge in [-0.15, -0.1) is 0 Å². The van der Waals surface area contributed by atoms with Gasteiger partial charge in [0, 0.05) is 25.3 Å². The molecule has 0 spiro atoms. The van der Waals surface area contributed by atoms with Gasteiger partial charge >= 0.3 is 0 Å². The molecular formula is C7H10N2. The van der Waals surface area contributed by atoms with Crippen molar-refractivity contribution in [3.05, 3.63) is 12.3 Å². The molecule has 0 radical (unpaired) electrons. The number of nitrogens with zero attached hydrogens (tertiary/aromatic N) is 2. The van der Waals surface area contributed by atoms with Crippen molar-refractivity contribution in [3.63, 3.8) is 0 Å². The topological polar surface area (TPSA) is 24.7 Å². The maximum absolute atomic E-state index is 4.10. The summed E-state index contributed by atoms with van der Waals surface area (Å²) in [6.07, 6.45) is 7.51. The Bertz CT molecular complexity index is 166. The van der Waals surface area contributed by atoms with E-state index in [4.69, 9.17) is 0 Å². The van der Waals surface area contributed by atoms with Crippen molar-refractivity contribution in [3.8, 4) is 0 Å². The summed E-state index contributed by atoms with van der Waals surface area (Å²) in [4.78, 5) is 8.18. The third-order valence-corrected chi connectivity index (χ3v) is 1.13. The van der Waals surface area contributed by atoms with Gasteiger partial charge in [0.1, 0.15) is 5.84 Å². The molecule has 0 aromatic rings. The molecule has 0 aliphatic carbocycles. The predicted octanol–water partition coefficient (Wildman–Crippen LogP) is 1.78. The monoisotopic (exact) mass is 122 g/mol. The zero-order valence-corrected chi connectivity index (χ0v) is 5.54. The number of rotatable bonds is 1. The van der Waals surface area contributed by atoms with Crippen LogP contribution < -0.4 is 0 Å². The highest BCUT2D eigenvalue weighted by Gasteiger charge is 1.89. The van der Waals surface area contributed by atoms with Crippen molar-refractivity contribution in [2.75, 3.05) is 0 Å². The number of hydrogen-bond acceptors (Lipinski definition) is 2. The Morgan fingerprint density at radius 2 is 2.56 bits per heavy atom. The lowest BCUT2D eigenvalue weighted by Crippen LogP contribution is -1.88. The largest absolute Gasteiger partial charge is 0.245 e. The molecule has 2 nitrogen and oxygen atoms in total. The smallest absolute Gasteiger partial charge is 0.127 e. The van der Waals surface area contributed by atoms with Crippen LogP contribution in [0, 0.1) is 0 Å². The lowest BCUT2D eigenvalue weighted by atomic mass is 10.4. The molecule has 48 valence electrons. The molecular weight excluding hydrogens is 112 g/mol. The van der Waals surface area contributed by atoms with Gasteiger partial charge in [-0.1, -0.05) is 13.0 Å². The van der Waals surface area contributed by atoms with Crippen molar-refractivity contribution in [1.29, 1.82) is 0 Å². The van der Waals surface area contributed by atoms with Crippen LogP contribution in [0.4, 0.5) is 0 Å². The number of amidine groups is 1. The average Bonchev–Trinajstić information content (AvgIpc) is 2.13. The van der Waals surface area contributed by atoms with Gasteiger partial charge in [0.2, 0.25) is 0 Å². The van der Waals surface area contributed by atoms with Crippen LogP contribution in [0.3, 0.4) is 0 Å². The Labute approximate surface area is 55.0 Å². The van der Waals surface area contributed by atoms with Gasteiger partial charge in [0.05, 0.1) is 0 Å². The lowest BCUT2D eigenvalue weighted by molar-refractivity contribution is 1.24. The van der Waals surface area contributed by atoms with Gasteiger partial charge in [0.15, 0.2) is 0 Å². The Kier molecular flexibility index (Phi) is 2.19. The first kappa shape index (κ1) is 6.20. The van der Waals surface area contributed by atoms with Crippen LogP contribution >= 0.6 is 0 Å². The minimum atomic E-state index is 0.910. The molecule has 1 heterocycles. The quantitative estimate of drug-likeness (QED) is 0.506. The number of hydrogen-bond donors (Lipinski definition) is 0. The fourth-order valence-corrected chi connectivity index (χ4v) is 0.634. The normalized spacial score (nSPS) is 17.2. The van der Waals surface area contributed by atoms with E-state index in [0.29, 0.717) is 0 Å². The van der Waals surface area contributed by atoms with Gasteiger partial charge < -0.3 is 0 Å². The molecule has 0 aromatic carbocycles. The van der Waals surface area contributed by atoms with E-state index < -0.39 is 0 Å².